The predicted molar refractivity (Wildman–Crippen MR) is 100 cm³/mol. The van der Waals surface area contributed by atoms with Crippen LogP contribution in [0.2, 0.25) is 0 Å². The van der Waals surface area contributed by atoms with Gasteiger partial charge in [0.05, 0.1) is 11.7 Å². The van der Waals surface area contributed by atoms with Crippen LogP contribution in [-0.2, 0) is 0 Å². The third-order valence-corrected chi connectivity index (χ3v) is 4.61. The maximum absolute atomic E-state index is 13.0. The molecule has 1 aromatic carbocycles. The zero-order valence-electron chi connectivity index (χ0n) is 15.1. The van der Waals surface area contributed by atoms with Crippen molar-refractivity contribution in [2.24, 2.45) is 0 Å². The lowest BCUT2D eigenvalue weighted by Crippen LogP contribution is -2.28. The molecule has 8 heteroatoms. The summed E-state index contributed by atoms with van der Waals surface area (Å²) in [5, 5.41) is 4.20. The first-order valence-corrected chi connectivity index (χ1v) is 8.54. The molecule has 0 aliphatic carbocycles. The Bertz CT molecular complexity index is 1220. The second-order valence-electron chi connectivity index (χ2n) is 6.24. The number of halogens is 2. The molecule has 6 nitrogen and oxygen atoms in total. The second-order valence-corrected chi connectivity index (χ2v) is 6.24. The molecule has 0 aliphatic rings. The van der Waals surface area contributed by atoms with Crippen molar-refractivity contribution < 1.29 is 13.5 Å². The molecule has 0 bridgehead atoms. The average molecular weight is 382 g/mol. The van der Waals surface area contributed by atoms with Crippen LogP contribution >= 0.6 is 0 Å². The number of ether oxygens (including phenoxy) is 1. The predicted octanol–water partition coefficient (Wildman–Crippen LogP) is 3.77. The zero-order chi connectivity index (χ0) is 19.8. The maximum Gasteiger partial charge on any atom is 0.387 e. The minimum Gasteiger partial charge on any atom is -0.435 e. The highest BCUT2D eigenvalue weighted by Gasteiger charge is 2.17. The van der Waals surface area contributed by atoms with E-state index in [0.717, 1.165) is 5.56 Å². The Morgan fingerprint density at radius 2 is 1.89 bits per heavy atom. The summed E-state index contributed by atoms with van der Waals surface area (Å²) >= 11 is 0. The van der Waals surface area contributed by atoms with Gasteiger partial charge in [0.25, 0.3) is 0 Å². The van der Waals surface area contributed by atoms with Crippen LogP contribution in [0.3, 0.4) is 0 Å². The number of pyridine rings is 1. The highest BCUT2D eigenvalue weighted by Crippen LogP contribution is 2.34. The van der Waals surface area contributed by atoms with Gasteiger partial charge in [-0.1, -0.05) is 18.2 Å². The number of rotatable bonds is 4. The van der Waals surface area contributed by atoms with Gasteiger partial charge in [0.1, 0.15) is 5.75 Å². The number of alkyl halides is 2. The van der Waals surface area contributed by atoms with E-state index in [1.165, 1.54) is 15.1 Å². The molecule has 0 atom stereocenters. The van der Waals surface area contributed by atoms with Crippen molar-refractivity contribution in [2.75, 3.05) is 0 Å². The summed E-state index contributed by atoms with van der Waals surface area (Å²) in [4.78, 5) is 17.2. The highest BCUT2D eigenvalue weighted by atomic mass is 19.3. The molecule has 0 spiro atoms. The van der Waals surface area contributed by atoms with E-state index in [0.29, 0.717) is 28.2 Å². The van der Waals surface area contributed by atoms with Gasteiger partial charge in [-0.2, -0.15) is 18.6 Å². The van der Waals surface area contributed by atoms with Crippen LogP contribution < -0.4 is 10.4 Å². The van der Waals surface area contributed by atoms with E-state index in [-0.39, 0.29) is 11.4 Å². The van der Waals surface area contributed by atoms with Gasteiger partial charge in [-0.15, -0.1) is 0 Å². The second kappa shape index (κ2) is 6.88. The van der Waals surface area contributed by atoms with Gasteiger partial charge in [-0.05, 0) is 49.2 Å². The number of fused-ring (bicyclic) bond motifs is 1. The van der Waals surface area contributed by atoms with Gasteiger partial charge in [-0.25, -0.2) is 9.78 Å². The van der Waals surface area contributed by atoms with Crippen molar-refractivity contribution in [1.29, 1.82) is 0 Å². The lowest BCUT2D eigenvalue weighted by Gasteiger charge is -2.12. The van der Waals surface area contributed by atoms with Gasteiger partial charge in [0, 0.05) is 17.5 Å². The van der Waals surface area contributed by atoms with Crippen molar-refractivity contribution >= 4 is 5.52 Å². The highest BCUT2D eigenvalue weighted by molar-refractivity contribution is 5.77. The summed E-state index contributed by atoms with van der Waals surface area (Å²) in [6, 6.07) is 12.0. The molecule has 0 N–H and O–H groups in total. The van der Waals surface area contributed by atoms with E-state index >= 15 is 0 Å². The van der Waals surface area contributed by atoms with Crippen molar-refractivity contribution in [1.82, 2.24) is 19.2 Å². The first kappa shape index (κ1) is 17.8. The minimum atomic E-state index is -2.90. The normalized spacial score (nSPS) is 11.3. The molecule has 142 valence electrons. The van der Waals surface area contributed by atoms with Gasteiger partial charge in [0.2, 0.25) is 0 Å². The Labute approximate surface area is 158 Å². The summed E-state index contributed by atoms with van der Waals surface area (Å²) in [5.74, 6) is 0.513. The van der Waals surface area contributed by atoms with Crippen molar-refractivity contribution in [3.05, 3.63) is 76.6 Å². The maximum atomic E-state index is 13.0. The van der Waals surface area contributed by atoms with Crippen molar-refractivity contribution in [3.63, 3.8) is 0 Å². The van der Waals surface area contributed by atoms with E-state index in [1.807, 2.05) is 0 Å². The number of nitrogens with zero attached hydrogens (tertiary/aromatic N) is 4. The molecule has 0 aliphatic heterocycles. The zero-order valence-corrected chi connectivity index (χ0v) is 15.1. The molecule has 0 amide bonds. The lowest BCUT2D eigenvalue weighted by molar-refractivity contribution is -0.0502. The molecule has 4 aromatic rings. The summed E-state index contributed by atoms with van der Waals surface area (Å²) < 4.78 is 32.6. The van der Waals surface area contributed by atoms with E-state index in [1.54, 1.807) is 62.6 Å². The van der Waals surface area contributed by atoms with E-state index in [9.17, 15) is 13.6 Å². The third kappa shape index (κ3) is 2.92. The van der Waals surface area contributed by atoms with Crippen LogP contribution in [-0.4, -0.2) is 25.8 Å². The summed E-state index contributed by atoms with van der Waals surface area (Å²) in [7, 11) is 0. The third-order valence-electron chi connectivity index (χ3n) is 4.61. The first-order chi connectivity index (χ1) is 13.5. The molecular formula is C20H16F2N4O2. The van der Waals surface area contributed by atoms with Gasteiger partial charge < -0.3 is 4.74 Å². The molecule has 0 saturated carbocycles. The number of benzene rings is 1. The fourth-order valence-electron chi connectivity index (χ4n) is 3.28. The summed E-state index contributed by atoms with van der Waals surface area (Å²) in [6.07, 6.45) is 3.15. The Kier molecular flexibility index (Phi) is 4.38. The SMILES string of the molecule is Cc1c(OC(F)F)cccc1-c1cc2cnn(-c3ccccn3)c(=O)n2c1C. The van der Waals surface area contributed by atoms with E-state index in [4.69, 9.17) is 0 Å². The number of hydrogen-bond acceptors (Lipinski definition) is 4. The smallest absolute Gasteiger partial charge is 0.387 e. The molecule has 3 heterocycles. The fraction of sp³-hybridized carbons (Fsp3) is 0.150. The Morgan fingerprint density at radius 3 is 2.61 bits per heavy atom. The number of aryl methyl sites for hydroxylation is 1. The largest absolute Gasteiger partial charge is 0.435 e. The van der Waals surface area contributed by atoms with Crippen LogP contribution in [0.1, 0.15) is 11.3 Å². The van der Waals surface area contributed by atoms with Crippen LogP contribution in [0.15, 0.2) is 59.7 Å². The number of aromatic nitrogens is 4. The molecule has 0 unspecified atom stereocenters. The topological polar surface area (TPSA) is 61.4 Å². The van der Waals surface area contributed by atoms with Crippen molar-refractivity contribution in [2.45, 2.75) is 20.5 Å². The Balaban J connectivity index is 1.91. The Morgan fingerprint density at radius 1 is 1.07 bits per heavy atom. The molecular weight excluding hydrogens is 366 g/mol. The summed E-state index contributed by atoms with van der Waals surface area (Å²) in [5.41, 5.74) is 2.93. The van der Waals surface area contributed by atoms with Gasteiger partial charge >= 0.3 is 12.3 Å². The van der Waals surface area contributed by atoms with E-state index in [2.05, 4.69) is 14.8 Å². The molecule has 28 heavy (non-hydrogen) atoms. The van der Waals surface area contributed by atoms with E-state index < -0.39 is 6.61 Å². The Hall–Kier alpha value is -3.55. The molecule has 4 rings (SSSR count). The van der Waals surface area contributed by atoms with Crippen LogP contribution in [0.5, 0.6) is 5.75 Å². The molecule has 0 fully saturated rings. The summed E-state index contributed by atoms with van der Waals surface area (Å²) in [6.45, 7) is 0.601. The van der Waals surface area contributed by atoms with Crippen LogP contribution in [0.4, 0.5) is 8.78 Å². The fourth-order valence-corrected chi connectivity index (χ4v) is 3.28. The number of hydrogen-bond donors (Lipinski definition) is 0. The molecule has 0 saturated heterocycles. The quantitative estimate of drug-likeness (QED) is 0.539. The molecule has 3 aromatic heterocycles. The lowest BCUT2D eigenvalue weighted by atomic mass is 10.0. The molecule has 0 radical (unpaired) electrons. The van der Waals surface area contributed by atoms with Gasteiger partial charge in [0.15, 0.2) is 5.82 Å². The van der Waals surface area contributed by atoms with Crippen LogP contribution in [0, 0.1) is 13.8 Å². The standard InChI is InChI=1S/C20H16F2N4O2/c1-12-15(6-5-7-17(12)28-19(21)22)16-10-14-11-24-26(18-8-3-4-9-23-18)20(27)25(14)13(16)2/h3-11,19H,1-2H3. The first-order valence-electron chi connectivity index (χ1n) is 8.54. The van der Waals surface area contributed by atoms with Crippen LogP contribution in [0.25, 0.3) is 22.5 Å². The van der Waals surface area contributed by atoms with Crippen molar-refractivity contribution in [3.8, 4) is 22.7 Å². The monoisotopic (exact) mass is 382 g/mol. The minimum absolute atomic E-state index is 0.103. The van der Waals surface area contributed by atoms with Gasteiger partial charge in [-0.3, -0.25) is 4.40 Å². The average Bonchev–Trinajstić information content (AvgIpc) is 3.01.